The Morgan fingerprint density at radius 1 is 1.19 bits per heavy atom. The number of benzene rings is 1. The Bertz CT molecular complexity index is 939. The molecule has 2 saturated heterocycles. The third-order valence-corrected chi connectivity index (χ3v) is 6.08. The standard InChI is InChI=1S/C24H31FN4O3/c1-16(12-17(2)30)19-4-6-20(7-5-19)32-21-8-9-28(14-21)23-22(25)24(27-15-26-23)29-10-11-31-18(3)13-29/h4-7,15-16,18,21H,8-14H2,1-3H3/t16-,18?,21-/m1/s1. The summed E-state index contributed by atoms with van der Waals surface area (Å²) < 4.78 is 27.0. The number of nitrogens with zero attached hydrogens (tertiary/aromatic N) is 4. The van der Waals surface area contributed by atoms with E-state index in [0.717, 1.165) is 17.7 Å². The summed E-state index contributed by atoms with van der Waals surface area (Å²) in [7, 11) is 0. The first-order valence-electron chi connectivity index (χ1n) is 11.3. The molecule has 172 valence electrons. The van der Waals surface area contributed by atoms with Crippen molar-refractivity contribution in [1.29, 1.82) is 0 Å². The summed E-state index contributed by atoms with van der Waals surface area (Å²) in [6, 6.07) is 7.90. The molecule has 7 nitrogen and oxygen atoms in total. The molecule has 1 unspecified atom stereocenters. The molecule has 2 aliphatic heterocycles. The summed E-state index contributed by atoms with van der Waals surface area (Å²) in [6.07, 6.45) is 2.76. The summed E-state index contributed by atoms with van der Waals surface area (Å²) >= 11 is 0. The van der Waals surface area contributed by atoms with Gasteiger partial charge in [0.05, 0.1) is 19.3 Å². The van der Waals surface area contributed by atoms with Gasteiger partial charge in [0.1, 0.15) is 24.0 Å². The lowest BCUT2D eigenvalue weighted by molar-refractivity contribution is -0.117. The Morgan fingerprint density at radius 2 is 1.88 bits per heavy atom. The van der Waals surface area contributed by atoms with Crippen LogP contribution in [0.5, 0.6) is 5.75 Å². The molecule has 0 aliphatic carbocycles. The van der Waals surface area contributed by atoms with E-state index in [0.29, 0.717) is 50.8 Å². The summed E-state index contributed by atoms with van der Waals surface area (Å²) in [5, 5.41) is 0. The first kappa shape index (κ1) is 22.5. The number of carbonyl (C=O) groups excluding carboxylic acids is 1. The van der Waals surface area contributed by atoms with E-state index in [-0.39, 0.29) is 29.7 Å². The van der Waals surface area contributed by atoms with E-state index >= 15 is 4.39 Å². The number of ether oxygens (including phenoxy) is 2. The van der Waals surface area contributed by atoms with Crippen molar-refractivity contribution < 1.29 is 18.7 Å². The van der Waals surface area contributed by atoms with Crippen molar-refractivity contribution in [2.24, 2.45) is 0 Å². The van der Waals surface area contributed by atoms with Gasteiger partial charge in [-0.15, -0.1) is 0 Å². The number of hydrogen-bond acceptors (Lipinski definition) is 7. The number of carbonyl (C=O) groups is 1. The maximum Gasteiger partial charge on any atom is 0.208 e. The maximum absolute atomic E-state index is 15.3. The van der Waals surface area contributed by atoms with Crippen molar-refractivity contribution >= 4 is 17.4 Å². The monoisotopic (exact) mass is 442 g/mol. The van der Waals surface area contributed by atoms with Crippen LogP contribution in [-0.4, -0.2) is 60.7 Å². The highest BCUT2D eigenvalue weighted by Gasteiger charge is 2.30. The third kappa shape index (κ3) is 5.18. The molecule has 1 aromatic carbocycles. The lowest BCUT2D eigenvalue weighted by atomic mass is 9.96. The van der Waals surface area contributed by atoms with Crippen LogP contribution >= 0.6 is 0 Å². The van der Waals surface area contributed by atoms with Gasteiger partial charge in [0.2, 0.25) is 5.82 Å². The zero-order valence-corrected chi connectivity index (χ0v) is 19.0. The molecule has 0 N–H and O–H groups in total. The number of morpholine rings is 1. The summed E-state index contributed by atoms with van der Waals surface area (Å²) in [5.41, 5.74) is 1.12. The van der Waals surface area contributed by atoms with Crippen LogP contribution in [0.15, 0.2) is 30.6 Å². The van der Waals surface area contributed by atoms with Crippen LogP contribution in [0.2, 0.25) is 0 Å². The number of ketones is 1. The molecule has 2 aromatic rings. The SMILES string of the molecule is CC(=O)C[C@@H](C)c1ccc(O[C@@H]2CCN(c3ncnc(N4CCOC(C)C4)c3F)C2)cc1. The number of aromatic nitrogens is 2. The minimum absolute atomic E-state index is 0.0444. The van der Waals surface area contributed by atoms with Crippen LogP contribution < -0.4 is 14.5 Å². The lowest BCUT2D eigenvalue weighted by Gasteiger charge is -2.32. The minimum atomic E-state index is -0.383. The molecule has 3 atom stereocenters. The normalized spacial score (nSPS) is 22.1. The van der Waals surface area contributed by atoms with Crippen LogP contribution in [0.25, 0.3) is 0 Å². The van der Waals surface area contributed by atoms with Crippen LogP contribution in [0.4, 0.5) is 16.0 Å². The summed E-state index contributed by atoms with van der Waals surface area (Å²) in [4.78, 5) is 23.6. The van der Waals surface area contributed by atoms with E-state index in [1.54, 1.807) is 6.92 Å². The summed E-state index contributed by atoms with van der Waals surface area (Å²) in [5.74, 6) is 1.44. The fraction of sp³-hybridized carbons (Fsp3) is 0.542. The van der Waals surface area contributed by atoms with Gasteiger partial charge in [-0.25, -0.2) is 9.97 Å². The second-order valence-electron chi connectivity index (χ2n) is 8.81. The molecule has 0 radical (unpaired) electrons. The van der Waals surface area contributed by atoms with E-state index in [9.17, 15) is 4.79 Å². The minimum Gasteiger partial charge on any atom is -0.489 e. The van der Waals surface area contributed by atoms with Crippen molar-refractivity contribution in [1.82, 2.24) is 9.97 Å². The molecule has 32 heavy (non-hydrogen) atoms. The van der Waals surface area contributed by atoms with Gasteiger partial charge in [0, 0.05) is 32.5 Å². The molecular formula is C24H31FN4O3. The Labute approximate surface area is 188 Å². The highest BCUT2D eigenvalue weighted by molar-refractivity contribution is 5.76. The van der Waals surface area contributed by atoms with E-state index in [4.69, 9.17) is 9.47 Å². The van der Waals surface area contributed by atoms with Crippen molar-refractivity contribution in [3.63, 3.8) is 0 Å². The predicted octanol–water partition coefficient (Wildman–Crippen LogP) is 3.58. The molecule has 2 aliphatic rings. The van der Waals surface area contributed by atoms with Gasteiger partial charge in [-0.05, 0) is 37.5 Å². The van der Waals surface area contributed by atoms with Gasteiger partial charge >= 0.3 is 0 Å². The van der Waals surface area contributed by atoms with Crippen molar-refractivity contribution in [2.75, 3.05) is 42.6 Å². The highest BCUT2D eigenvalue weighted by Crippen LogP contribution is 2.29. The first-order valence-corrected chi connectivity index (χ1v) is 11.3. The molecule has 0 amide bonds. The second kappa shape index (κ2) is 9.81. The number of halogens is 1. The Hall–Kier alpha value is -2.74. The van der Waals surface area contributed by atoms with Crippen LogP contribution in [0, 0.1) is 5.82 Å². The lowest BCUT2D eigenvalue weighted by Crippen LogP contribution is -2.42. The van der Waals surface area contributed by atoms with E-state index in [1.807, 2.05) is 47.9 Å². The fourth-order valence-electron chi connectivity index (χ4n) is 4.44. The predicted molar refractivity (Wildman–Crippen MR) is 121 cm³/mol. The van der Waals surface area contributed by atoms with Gasteiger partial charge < -0.3 is 24.1 Å². The van der Waals surface area contributed by atoms with Gasteiger partial charge in [0.25, 0.3) is 0 Å². The molecule has 8 heteroatoms. The maximum atomic E-state index is 15.3. The quantitative estimate of drug-likeness (QED) is 0.649. The zero-order chi connectivity index (χ0) is 22.7. The molecular weight excluding hydrogens is 411 g/mol. The number of Topliss-reactive ketones (excluding diaryl/α,β-unsaturated/α-hetero) is 1. The largest absolute Gasteiger partial charge is 0.489 e. The smallest absolute Gasteiger partial charge is 0.208 e. The first-order chi connectivity index (χ1) is 15.4. The van der Waals surface area contributed by atoms with Crippen molar-refractivity contribution in [3.8, 4) is 5.75 Å². The highest BCUT2D eigenvalue weighted by atomic mass is 19.1. The number of hydrogen-bond donors (Lipinski definition) is 0. The number of anilines is 2. The van der Waals surface area contributed by atoms with Gasteiger partial charge in [-0.1, -0.05) is 19.1 Å². The topological polar surface area (TPSA) is 67.8 Å². The Morgan fingerprint density at radius 3 is 2.53 bits per heavy atom. The molecule has 4 rings (SSSR count). The van der Waals surface area contributed by atoms with Crippen LogP contribution in [0.1, 0.15) is 45.1 Å². The summed E-state index contributed by atoms with van der Waals surface area (Å²) in [6.45, 7) is 8.67. The van der Waals surface area contributed by atoms with Crippen molar-refractivity contribution in [3.05, 3.63) is 42.0 Å². The average Bonchev–Trinajstić information content (AvgIpc) is 3.22. The molecule has 2 fully saturated rings. The molecule has 0 saturated carbocycles. The second-order valence-corrected chi connectivity index (χ2v) is 8.81. The third-order valence-electron chi connectivity index (χ3n) is 6.08. The van der Waals surface area contributed by atoms with E-state index in [1.165, 1.54) is 6.33 Å². The van der Waals surface area contributed by atoms with Gasteiger partial charge in [-0.2, -0.15) is 4.39 Å². The fourth-order valence-corrected chi connectivity index (χ4v) is 4.44. The van der Waals surface area contributed by atoms with Gasteiger partial charge in [0.15, 0.2) is 11.6 Å². The Kier molecular flexibility index (Phi) is 6.89. The molecule has 3 heterocycles. The molecule has 0 bridgehead atoms. The molecule has 0 spiro atoms. The van der Waals surface area contributed by atoms with Crippen molar-refractivity contribution in [2.45, 2.75) is 51.7 Å². The number of rotatable bonds is 7. The Balaban J connectivity index is 1.38. The van der Waals surface area contributed by atoms with Crippen LogP contribution in [-0.2, 0) is 9.53 Å². The zero-order valence-electron chi connectivity index (χ0n) is 19.0. The van der Waals surface area contributed by atoms with Crippen LogP contribution in [0.3, 0.4) is 0 Å². The average molecular weight is 443 g/mol. The van der Waals surface area contributed by atoms with Gasteiger partial charge in [-0.3, -0.25) is 0 Å². The van der Waals surface area contributed by atoms with E-state index < -0.39 is 0 Å². The van der Waals surface area contributed by atoms with E-state index in [2.05, 4.69) is 9.97 Å². The molecule has 1 aromatic heterocycles.